The fourth-order valence-corrected chi connectivity index (χ4v) is 2.04. The number of halogens is 4. The smallest absolute Gasteiger partial charge is 0.123 e. The molecule has 0 radical (unpaired) electrons. The molecule has 2 aromatic carbocycles. The van der Waals surface area contributed by atoms with Crippen molar-refractivity contribution in [2.75, 3.05) is 5.32 Å². The van der Waals surface area contributed by atoms with Gasteiger partial charge in [0, 0.05) is 16.6 Å². The van der Waals surface area contributed by atoms with Crippen molar-refractivity contribution >= 4 is 40.5 Å². The molecule has 0 spiro atoms. The van der Waals surface area contributed by atoms with E-state index in [1.54, 1.807) is 18.2 Å². The van der Waals surface area contributed by atoms with Gasteiger partial charge < -0.3 is 5.32 Å². The van der Waals surface area contributed by atoms with E-state index in [1.807, 2.05) is 0 Å². The van der Waals surface area contributed by atoms with Gasteiger partial charge in [-0.25, -0.2) is 4.39 Å². The predicted octanol–water partition coefficient (Wildman–Crippen LogP) is 5.40. The number of nitrogens with one attached hydrogen (secondary N) is 1. The summed E-state index contributed by atoms with van der Waals surface area (Å²) in [6.07, 6.45) is 0. The molecule has 0 aliphatic carbocycles. The second-order valence-electron chi connectivity index (χ2n) is 3.71. The van der Waals surface area contributed by atoms with Crippen molar-refractivity contribution in [2.24, 2.45) is 0 Å². The van der Waals surface area contributed by atoms with Crippen molar-refractivity contribution in [2.45, 2.75) is 6.54 Å². The molecule has 2 rings (SSSR count). The van der Waals surface area contributed by atoms with Gasteiger partial charge in [-0.05, 0) is 42.0 Å². The van der Waals surface area contributed by atoms with Crippen LogP contribution in [0.5, 0.6) is 0 Å². The molecule has 0 atom stereocenters. The second kappa shape index (κ2) is 5.79. The van der Waals surface area contributed by atoms with E-state index in [9.17, 15) is 4.39 Å². The molecule has 0 bridgehead atoms. The van der Waals surface area contributed by atoms with E-state index in [1.165, 1.54) is 18.2 Å². The molecular weight excluding hydrogens is 296 g/mol. The van der Waals surface area contributed by atoms with Crippen molar-refractivity contribution in [3.63, 3.8) is 0 Å². The Hall–Kier alpha value is -0.960. The van der Waals surface area contributed by atoms with Crippen LogP contribution in [0.15, 0.2) is 36.4 Å². The van der Waals surface area contributed by atoms with E-state index in [4.69, 9.17) is 34.8 Å². The van der Waals surface area contributed by atoms with E-state index < -0.39 is 0 Å². The first kappa shape index (κ1) is 13.5. The van der Waals surface area contributed by atoms with E-state index in [0.717, 1.165) is 0 Å². The Morgan fingerprint density at radius 2 is 1.67 bits per heavy atom. The highest BCUT2D eigenvalue weighted by molar-refractivity contribution is 6.35. The summed E-state index contributed by atoms with van der Waals surface area (Å²) in [6.45, 7) is 0.372. The van der Waals surface area contributed by atoms with Crippen molar-refractivity contribution in [1.82, 2.24) is 0 Å². The summed E-state index contributed by atoms with van der Waals surface area (Å²) in [5.74, 6) is -0.326. The molecular formula is C13H9Cl3FN. The molecule has 0 heterocycles. The Bertz CT molecular complexity index is 521. The minimum Gasteiger partial charge on any atom is -0.380 e. The van der Waals surface area contributed by atoms with Gasteiger partial charge in [-0.3, -0.25) is 0 Å². The maximum atomic E-state index is 13.1. The number of anilines is 1. The molecule has 0 aliphatic rings. The first-order chi connectivity index (χ1) is 8.56. The average Bonchev–Trinajstić information content (AvgIpc) is 2.34. The molecule has 5 heteroatoms. The lowest BCUT2D eigenvalue weighted by Gasteiger charge is -2.10. The lowest BCUT2D eigenvalue weighted by molar-refractivity contribution is 0.626. The van der Waals surface area contributed by atoms with Gasteiger partial charge in [0.1, 0.15) is 5.82 Å². The van der Waals surface area contributed by atoms with Crippen LogP contribution in [0.3, 0.4) is 0 Å². The molecule has 0 saturated carbocycles. The van der Waals surface area contributed by atoms with E-state index in [2.05, 4.69) is 5.32 Å². The van der Waals surface area contributed by atoms with Gasteiger partial charge in [0.05, 0.1) is 10.7 Å². The van der Waals surface area contributed by atoms with Crippen molar-refractivity contribution in [1.29, 1.82) is 0 Å². The van der Waals surface area contributed by atoms with Gasteiger partial charge in [-0.1, -0.05) is 34.8 Å². The lowest BCUT2D eigenvalue weighted by Crippen LogP contribution is -2.01. The predicted molar refractivity (Wildman–Crippen MR) is 75.2 cm³/mol. The molecule has 0 saturated heterocycles. The van der Waals surface area contributed by atoms with Crippen molar-refractivity contribution in [3.05, 3.63) is 62.8 Å². The van der Waals surface area contributed by atoms with Gasteiger partial charge in [0.2, 0.25) is 0 Å². The van der Waals surface area contributed by atoms with Crippen LogP contribution in [-0.4, -0.2) is 0 Å². The van der Waals surface area contributed by atoms with Crippen LogP contribution in [-0.2, 0) is 6.54 Å². The highest BCUT2D eigenvalue weighted by Gasteiger charge is 2.04. The Morgan fingerprint density at radius 1 is 0.944 bits per heavy atom. The summed E-state index contributed by atoms with van der Waals surface area (Å²) < 4.78 is 13.1. The van der Waals surface area contributed by atoms with Crippen LogP contribution in [0.2, 0.25) is 15.1 Å². The fraction of sp³-hybridized carbons (Fsp3) is 0.0769. The van der Waals surface area contributed by atoms with E-state index in [-0.39, 0.29) is 5.82 Å². The zero-order valence-corrected chi connectivity index (χ0v) is 11.5. The standard InChI is InChI=1S/C13H9Cl3FN/c14-9-1-3-12(16)13(6-9)18-7-8-5-10(17)2-4-11(8)15/h1-6,18H,7H2. The molecule has 2 aromatic rings. The maximum absolute atomic E-state index is 13.1. The molecule has 0 aliphatic heterocycles. The van der Waals surface area contributed by atoms with Gasteiger partial charge in [0.15, 0.2) is 0 Å². The maximum Gasteiger partial charge on any atom is 0.123 e. The van der Waals surface area contributed by atoms with Crippen LogP contribution in [0.4, 0.5) is 10.1 Å². The molecule has 94 valence electrons. The Kier molecular flexibility index (Phi) is 4.33. The van der Waals surface area contributed by atoms with Gasteiger partial charge >= 0.3 is 0 Å². The fourth-order valence-electron chi connectivity index (χ4n) is 1.50. The third-order valence-corrected chi connectivity index (χ3v) is 3.34. The number of hydrogen-bond acceptors (Lipinski definition) is 1. The number of benzene rings is 2. The summed E-state index contributed by atoms with van der Waals surface area (Å²) in [5, 5.41) is 4.70. The highest BCUT2D eigenvalue weighted by Crippen LogP contribution is 2.26. The molecule has 0 aromatic heterocycles. The van der Waals surface area contributed by atoms with Crippen LogP contribution < -0.4 is 5.32 Å². The molecule has 1 N–H and O–H groups in total. The van der Waals surface area contributed by atoms with Gasteiger partial charge in [-0.15, -0.1) is 0 Å². The van der Waals surface area contributed by atoms with Crippen molar-refractivity contribution < 1.29 is 4.39 Å². The molecule has 18 heavy (non-hydrogen) atoms. The zero-order chi connectivity index (χ0) is 13.1. The second-order valence-corrected chi connectivity index (χ2v) is 4.96. The minimum absolute atomic E-state index is 0.326. The lowest BCUT2D eigenvalue weighted by atomic mass is 10.2. The van der Waals surface area contributed by atoms with E-state index in [0.29, 0.717) is 32.9 Å². The Morgan fingerprint density at radius 3 is 2.44 bits per heavy atom. The van der Waals surface area contributed by atoms with Crippen molar-refractivity contribution in [3.8, 4) is 0 Å². The minimum atomic E-state index is -0.326. The highest BCUT2D eigenvalue weighted by atomic mass is 35.5. The Balaban J connectivity index is 2.16. The summed E-state index contributed by atoms with van der Waals surface area (Å²) in [7, 11) is 0. The van der Waals surface area contributed by atoms with Crippen LogP contribution in [0, 0.1) is 5.82 Å². The third-order valence-electron chi connectivity index (χ3n) is 2.41. The molecule has 0 amide bonds. The number of rotatable bonds is 3. The summed E-state index contributed by atoms with van der Waals surface area (Å²) in [5.41, 5.74) is 1.34. The summed E-state index contributed by atoms with van der Waals surface area (Å²) in [4.78, 5) is 0. The summed E-state index contributed by atoms with van der Waals surface area (Å²) in [6, 6.07) is 9.32. The monoisotopic (exact) mass is 303 g/mol. The van der Waals surface area contributed by atoms with E-state index >= 15 is 0 Å². The SMILES string of the molecule is Fc1ccc(Cl)c(CNc2cc(Cl)ccc2Cl)c1. The van der Waals surface area contributed by atoms with Gasteiger partial charge in [0.25, 0.3) is 0 Å². The van der Waals surface area contributed by atoms with Gasteiger partial charge in [-0.2, -0.15) is 0 Å². The largest absolute Gasteiger partial charge is 0.380 e. The Labute approximate surface area is 119 Å². The zero-order valence-electron chi connectivity index (χ0n) is 9.18. The molecule has 1 nitrogen and oxygen atoms in total. The topological polar surface area (TPSA) is 12.0 Å². The normalized spacial score (nSPS) is 10.4. The quantitative estimate of drug-likeness (QED) is 0.800. The first-order valence-corrected chi connectivity index (χ1v) is 6.32. The third kappa shape index (κ3) is 3.29. The average molecular weight is 305 g/mol. The van der Waals surface area contributed by atoms with Crippen LogP contribution in [0.1, 0.15) is 5.56 Å². The molecule has 0 fully saturated rings. The van der Waals surface area contributed by atoms with Crippen LogP contribution in [0.25, 0.3) is 0 Å². The number of hydrogen-bond donors (Lipinski definition) is 1. The van der Waals surface area contributed by atoms with Crippen LogP contribution >= 0.6 is 34.8 Å². The molecule has 0 unspecified atom stereocenters. The summed E-state index contributed by atoms with van der Waals surface area (Å²) >= 11 is 17.8. The first-order valence-electron chi connectivity index (χ1n) is 5.19.